The summed E-state index contributed by atoms with van der Waals surface area (Å²) in [5, 5.41) is 21.1. The summed E-state index contributed by atoms with van der Waals surface area (Å²) in [6.45, 7) is 0. The van der Waals surface area contributed by atoms with Gasteiger partial charge in [-0.15, -0.1) is 10.2 Å². The van der Waals surface area contributed by atoms with Crippen LogP contribution in [0.3, 0.4) is 0 Å². The van der Waals surface area contributed by atoms with Crippen molar-refractivity contribution in [3.63, 3.8) is 0 Å². The number of para-hydroxylation sites is 1. The van der Waals surface area contributed by atoms with E-state index in [0.29, 0.717) is 5.56 Å². The molecule has 3 aromatic heterocycles. The Morgan fingerprint density at radius 2 is 1.85 bits per heavy atom. The molecule has 4 rings (SSSR count). The van der Waals surface area contributed by atoms with Gasteiger partial charge in [-0.25, -0.2) is 4.98 Å². The van der Waals surface area contributed by atoms with Crippen LogP contribution in [0.4, 0.5) is 19.0 Å². The van der Waals surface area contributed by atoms with E-state index in [2.05, 4.69) is 20.3 Å². The molecule has 0 radical (unpaired) electrons. The lowest BCUT2D eigenvalue weighted by molar-refractivity contribution is -0.142. The van der Waals surface area contributed by atoms with Gasteiger partial charge in [-0.2, -0.15) is 22.8 Å². The monoisotopic (exact) mass is 372 g/mol. The van der Waals surface area contributed by atoms with Crippen molar-refractivity contribution in [2.45, 2.75) is 6.18 Å². The predicted octanol–water partition coefficient (Wildman–Crippen LogP) is 2.04. The number of hydrogen-bond donors (Lipinski definition) is 2. The number of fused-ring (bicyclic) bond motifs is 1. The van der Waals surface area contributed by atoms with Crippen molar-refractivity contribution in [2.75, 3.05) is 5.73 Å². The van der Waals surface area contributed by atoms with Crippen molar-refractivity contribution in [3.8, 4) is 17.1 Å². The lowest BCUT2D eigenvalue weighted by Crippen LogP contribution is -2.18. The first-order valence-electron chi connectivity index (χ1n) is 7.68. The van der Waals surface area contributed by atoms with Gasteiger partial charge in [-0.1, -0.05) is 12.1 Å². The zero-order chi connectivity index (χ0) is 19.2. The Hall–Kier alpha value is -3.69. The molecule has 0 spiro atoms. The van der Waals surface area contributed by atoms with Crippen molar-refractivity contribution in [3.05, 3.63) is 59.1 Å². The minimum atomic E-state index is -4.70. The molecule has 0 unspecified atom stereocenters. The number of phenolic OH excluding ortho intramolecular Hbond substituents is 1. The average Bonchev–Trinajstić information content (AvgIpc) is 3.17. The molecule has 3 N–H and O–H groups in total. The van der Waals surface area contributed by atoms with E-state index in [1.165, 1.54) is 36.5 Å². The highest BCUT2D eigenvalue weighted by molar-refractivity contribution is 5.67. The molecule has 0 atom stereocenters. The second-order valence-electron chi connectivity index (χ2n) is 5.70. The first-order valence-corrected chi connectivity index (χ1v) is 7.68. The number of pyridine rings is 1. The van der Waals surface area contributed by atoms with Crippen LogP contribution >= 0.6 is 0 Å². The highest BCUT2D eigenvalue weighted by atomic mass is 19.4. The molecule has 27 heavy (non-hydrogen) atoms. The molecule has 0 aliphatic rings. The molecule has 7 nitrogen and oxygen atoms in total. The number of hydrogen-bond acceptors (Lipinski definition) is 6. The summed E-state index contributed by atoms with van der Waals surface area (Å²) in [7, 11) is 0. The molecule has 0 bridgehead atoms. The van der Waals surface area contributed by atoms with Crippen LogP contribution in [0.25, 0.3) is 23.1 Å². The van der Waals surface area contributed by atoms with E-state index in [4.69, 9.17) is 5.73 Å². The third-order valence-electron chi connectivity index (χ3n) is 3.87. The maximum Gasteiger partial charge on any atom is 0.435 e. The van der Waals surface area contributed by atoms with Crippen LogP contribution < -0.4 is 11.0 Å². The summed E-state index contributed by atoms with van der Waals surface area (Å²) < 4.78 is 41.5. The van der Waals surface area contributed by atoms with Gasteiger partial charge in [0, 0.05) is 6.20 Å². The third-order valence-corrected chi connectivity index (χ3v) is 3.87. The van der Waals surface area contributed by atoms with Crippen molar-refractivity contribution >= 4 is 17.5 Å². The number of benzene rings is 1. The lowest BCUT2D eigenvalue weighted by atomic mass is 10.2. The van der Waals surface area contributed by atoms with Crippen LogP contribution in [0.5, 0.6) is 5.75 Å². The van der Waals surface area contributed by atoms with E-state index >= 15 is 0 Å². The van der Waals surface area contributed by atoms with E-state index in [1.807, 2.05) is 0 Å². The fraction of sp³-hybridized carbons (Fsp3) is 0.0588. The molecule has 1 aromatic carbocycles. The van der Waals surface area contributed by atoms with Crippen molar-refractivity contribution in [1.82, 2.24) is 24.8 Å². The van der Waals surface area contributed by atoms with Gasteiger partial charge in [0.2, 0.25) is 0 Å². The Bertz CT molecular complexity index is 1180. The zero-order valence-corrected chi connectivity index (χ0v) is 13.5. The highest BCUT2D eigenvalue weighted by Crippen LogP contribution is 2.29. The van der Waals surface area contributed by atoms with E-state index in [9.17, 15) is 18.3 Å². The number of rotatable bonds is 2. The number of alkyl halides is 3. The van der Waals surface area contributed by atoms with Gasteiger partial charge in [-0.05, 0) is 35.9 Å². The number of nitrogens with two attached hydrogens (primary N) is 1. The smallest absolute Gasteiger partial charge is 0.435 e. The Morgan fingerprint density at radius 1 is 1.07 bits per heavy atom. The largest absolute Gasteiger partial charge is 0.507 e. The van der Waals surface area contributed by atoms with E-state index < -0.39 is 11.9 Å². The van der Waals surface area contributed by atoms with Crippen molar-refractivity contribution in [2.24, 2.45) is 0 Å². The topological polar surface area (TPSA) is 102 Å². The van der Waals surface area contributed by atoms with E-state index in [-0.39, 0.29) is 33.8 Å². The quantitative estimate of drug-likeness (QED) is 0.558. The zero-order valence-electron chi connectivity index (χ0n) is 13.5. The Labute approximate surface area is 149 Å². The van der Waals surface area contributed by atoms with Crippen LogP contribution in [0.1, 0.15) is 11.3 Å². The summed E-state index contributed by atoms with van der Waals surface area (Å²) in [4.78, 5) is 3.86. The van der Waals surface area contributed by atoms with Gasteiger partial charge < -0.3 is 10.8 Å². The number of aromatic nitrogens is 5. The molecule has 0 aliphatic heterocycles. The molecule has 0 saturated heterocycles. The molecule has 4 aromatic rings. The average molecular weight is 372 g/mol. The SMILES string of the molecule is Nc1ccc(/C=c2\c(C(F)(F)F)nn3c(-c4ccccc4O)nnc23)cn1. The normalized spacial score (nSPS) is 12.8. The van der Waals surface area contributed by atoms with Crippen LogP contribution in [0, 0.1) is 0 Å². The molecular weight excluding hydrogens is 361 g/mol. The van der Waals surface area contributed by atoms with E-state index in [0.717, 1.165) is 4.52 Å². The maximum absolute atomic E-state index is 13.5. The van der Waals surface area contributed by atoms with Crippen molar-refractivity contribution in [1.29, 1.82) is 0 Å². The number of phenols is 1. The molecule has 0 fully saturated rings. The lowest BCUT2D eigenvalue weighted by Gasteiger charge is -2.02. The number of anilines is 1. The fourth-order valence-electron chi connectivity index (χ4n) is 2.64. The van der Waals surface area contributed by atoms with Crippen LogP contribution in [-0.4, -0.2) is 29.9 Å². The molecule has 0 amide bonds. The number of halogens is 3. The summed E-state index contributed by atoms with van der Waals surface area (Å²) in [5.41, 5.74) is 4.93. The van der Waals surface area contributed by atoms with Gasteiger partial charge in [0.15, 0.2) is 17.2 Å². The Balaban J connectivity index is 2.01. The molecule has 136 valence electrons. The van der Waals surface area contributed by atoms with Crippen LogP contribution in [0.2, 0.25) is 0 Å². The van der Waals surface area contributed by atoms with Crippen LogP contribution in [0.15, 0.2) is 42.6 Å². The van der Waals surface area contributed by atoms with Gasteiger partial charge in [0.25, 0.3) is 0 Å². The fourth-order valence-corrected chi connectivity index (χ4v) is 2.64. The number of nitrogen functional groups attached to an aromatic ring is 1. The molecule has 10 heteroatoms. The van der Waals surface area contributed by atoms with E-state index in [1.54, 1.807) is 12.1 Å². The number of aromatic hydroxyl groups is 1. The summed E-state index contributed by atoms with van der Waals surface area (Å²) in [6.07, 6.45) is -2.09. The minimum absolute atomic E-state index is 0.00341. The van der Waals surface area contributed by atoms with Gasteiger partial charge in [0.05, 0.1) is 10.8 Å². The standard InChI is InChI=1S/C17H11F3N6O/c18-17(19,20)14-11(7-9-5-6-13(21)22-8-9)16-24-23-15(26(16)25-14)10-3-1-2-4-12(10)27/h1-8,27H,(H2,21,22)/b11-7+. The third kappa shape index (κ3) is 2.90. The maximum atomic E-state index is 13.5. The van der Waals surface area contributed by atoms with Gasteiger partial charge in [0.1, 0.15) is 11.6 Å². The summed E-state index contributed by atoms with van der Waals surface area (Å²) in [6, 6.07) is 9.13. The molecule has 0 aliphatic carbocycles. The number of nitrogens with zero attached hydrogens (tertiary/aromatic N) is 5. The molecule has 3 heterocycles. The molecular formula is C17H11F3N6O. The predicted molar refractivity (Wildman–Crippen MR) is 90.3 cm³/mol. The first-order chi connectivity index (χ1) is 12.8. The van der Waals surface area contributed by atoms with Gasteiger partial charge in [-0.3, -0.25) is 0 Å². The second-order valence-corrected chi connectivity index (χ2v) is 5.70. The molecule has 0 saturated carbocycles. The minimum Gasteiger partial charge on any atom is -0.507 e. The van der Waals surface area contributed by atoms with Gasteiger partial charge >= 0.3 is 6.18 Å². The summed E-state index contributed by atoms with van der Waals surface area (Å²) >= 11 is 0. The summed E-state index contributed by atoms with van der Waals surface area (Å²) in [5.74, 6) is 0.110. The van der Waals surface area contributed by atoms with Crippen molar-refractivity contribution < 1.29 is 18.3 Å². The Morgan fingerprint density at radius 3 is 2.52 bits per heavy atom. The highest BCUT2D eigenvalue weighted by Gasteiger charge is 2.37. The van der Waals surface area contributed by atoms with Crippen LogP contribution in [-0.2, 0) is 6.18 Å². The Kier molecular flexibility index (Phi) is 3.69. The second kappa shape index (κ2) is 5.94. The first kappa shape index (κ1) is 16.8.